The Morgan fingerprint density at radius 1 is 1.21 bits per heavy atom. The summed E-state index contributed by atoms with van der Waals surface area (Å²) >= 11 is 6.26. The molecule has 0 atom stereocenters. The van der Waals surface area contributed by atoms with E-state index in [1.54, 1.807) is 11.0 Å². The molecule has 0 amide bonds. The van der Waals surface area contributed by atoms with E-state index in [-0.39, 0.29) is 0 Å². The van der Waals surface area contributed by atoms with Crippen molar-refractivity contribution in [3.05, 3.63) is 41.2 Å². The molecule has 0 N–H and O–H groups in total. The number of benzene rings is 1. The quantitative estimate of drug-likeness (QED) is 0.656. The highest BCUT2D eigenvalue weighted by Gasteiger charge is 2.45. The van der Waals surface area contributed by atoms with Gasteiger partial charge in [-0.3, -0.25) is 4.57 Å². The van der Waals surface area contributed by atoms with Crippen LogP contribution >= 0.6 is 11.6 Å². The fourth-order valence-electron chi connectivity index (χ4n) is 3.99. The smallest absolute Gasteiger partial charge is 0.227 e. The van der Waals surface area contributed by atoms with E-state index in [1.165, 1.54) is 0 Å². The lowest BCUT2D eigenvalue weighted by molar-refractivity contribution is -0.0985. The summed E-state index contributed by atoms with van der Waals surface area (Å²) in [6.07, 6.45) is 2.85. The van der Waals surface area contributed by atoms with Crippen LogP contribution in [0.3, 0.4) is 0 Å². The number of rotatable bonds is 5. The van der Waals surface area contributed by atoms with Gasteiger partial charge >= 0.3 is 0 Å². The zero-order valence-electron chi connectivity index (χ0n) is 15.8. The normalized spacial score (nSPS) is 18.0. The predicted octanol–water partition coefficient (Wildman–Crippen LogP) is 2.48. The van der Waals surface area contributed by atoms with E-state index >= 15 is 0 Å². The van der Waals surface area contributed by atoms with Gasteiger partial charge in [-0.15, -0.1) is 15.3 Å². The molecule has 0 bridgehead atoms. The number of hydrogen-bond acceptors (Lipinski definition) is 6. The number of halogens is 1. The van der Waals surface area contributed by atoms with Crippen LogP contribution in [0.4, 0.5) is 5.95 Å². The van der Waals surface area contributed by atoms with E-state index in [9.17, 15) is 0 Å². The molecule has 9 heteroatoms. The molecule has 3 aromatic rings. The molecule has 2 saturated heterocycles. The van der Waals surface area contributed by atoms with Gasteiger partial charge in [0.05, 0.1) is 19.8 Å². The lowest BCUT2D eigenvalue weighted by atomic mass is 9.85. The van der Waals surface area contributed by atoms with Gasteiger partial charge in [-0.2, -0.15) is 0 Å². The van der Waals surface area contributed by atoms with Crippen molar-refractivity contribution in [2.75, 3.05) is 31.2 Å². The van der Waals surface area contributed by atoms with E-state index in [0.29, 0.717) is 23.6 Å². The molecule has 4 heterocycles. The Bertz CT molecular complexity index is 994. The molecule has 1 spiro atoms. The highest BCUT2D eigenvalue weighted by atomic mass is 35.5. The Morgan fingerprint density at radius 3 is 2.79 bits per heavy atom. The van der Waals surface area contributed by atoms with Gasteiger partial charge in [0.15, 0.2) is 0 Å². The Hall–Kier alpha value is -2.45. The van der Waals surface area contributed by atoms with E-state index in [0.717, 1.165) is 55.8 Å². The molecule has 0 aliphatic carbocycles. The minimum absolute atomic E-state index is 0.305. The largest absolute Gasteiger partial charge is 0.380 e. The summed E-state index contributed by atoms with van der Waals surface area (Å²) in [5, 5.41) is 14.2. The van der Waals surface area contributed by atoms with Crippen molar-refractivity contribution < 1.29 is 4.74 Å². The summed E-state index contributed by atoms with van der Waals surface area (Å²) in [5.41, 5.74) is 1.31. The zero-order chi connectivity index (χ0) is 19.1. The molecule has 0 unspecified atom stereocenters. The first-order valence-corrected chi connectivity index (χ1v) is 9.94. The van der Waals surface area contributed by atoms with Gasteiger partial charge < -0.3 is 9.64 Å². The molecule has 146 valence electrons. The minimum Gasteiger partial charge on any atom is -0.380 e. The summed E-state index contributed by atoms with van der Waals surface area (Å²) in [4.78, 5) is 6.77. The number of nitrogens with zero attached hydrogens (tertiary/aromatic N) is 7. The summed E-state index contributed by atoms with van der Waals surface area (Å²) in [6, 6.07) is 7.76. The van der Waals surface area contributed by atoms with E-state index in [1.807, 2.05) is 24.3 Å². The molecule has 28 heavy (non-hydrogen) atoms. The standard InChI is InChI=1S/C19H22ClN7O/c1-2-27-17(22-23-18(27)25-8-7-19(10-25)11-28-12-19)16-21-13-26(24-16)9-14-5-3-4-6-15(14)20/h3-6,13H,2,7-12H2,1H3. The summed E-state index contributed by atoms with van der Waals surface area (Å²) in [7, 11) is 0. The van der Waals surface area contributed by atoms with Crippen molar-refractivity contribution in [2.45, 2.75) is 26.4 Å². The van der Waals surface area contributed by atoms with Gasteiger partial charge in [0.1, 0.15) is 6.33 Å². The molecular formula is C19H22ClN7O. The maximum absolute atomic E-state index is 6.26. The molecule has 2 aromatic heterocycles. The fourth-order valence-corrected chi connectivity index (χ4v) is 4.19. The summed E-state index contributed by atoms with van der Waals surface area (Å²) < 4.78 is 9.30. The van der Waals surface area contributed by atoms with Crippen LogP contribution in [-0.4, -0.2) is 55.8 Å². The summed E-state index contributed by atoms with van der Waals surface area (Å²) in [6.45, 7) is 7.07. The lowest BCUT2D eigenvalue weighted by Crippen LogP contribution is -2.44. The SMILES string of the molecule is CCn1c(-c2ncn(Cc3ccccc3Cl)n2)nnc1N1CCC2(COC2)C1. The van der Waals surface area contributed by atoms with Crippen molar-refractivity contribution >= 4 is 17.5 Å². The van der Waals surface area contributed by atoms with Crippen molar-refractivity contribution in [1.29, 1.82) is 0 Å². The van der Waals surface area contributed by atoms with Gasteiger partial charge in [-0.1, -0.05) is 29.8 Å². The zero-order valence-corrected chi connectivity index (χ0v) is 16.5. The number of aromatic nitrogens is 6. The van der Waals surface area contributed by atoms with Crippen molar-refractivity contribution in [2.24, 2.45) is 5.41 Å². The third-order valence-electron chi connectivity index (χ3n) is 5.61. The maximum Gasteiger partial charge on any atom is 0.227 e. The second-order valence-electron chi connectivity index (χ2n) is 7.59. The number of anilines is 1. The molecule has 5 rings (SSSR count). The van der Waals surface area contributed by atoms with Crippen LogP contribution in [0, 0.1) is 5.41 Å². The molecular weight excluding hydrogens is 378 g/mol. The monoisotopic (exact) mass is 399 g/mol. The van der Waals surface area contributed by atoms with Crippen molar-refractivity contribution in [1.82, 2.24) is 29.5 Å². The minimum atomic E-state index is 0.305. The molecule has 1 aromatic carbocycles. The lowest BCUT2D eigenvalue weighted by Gasteiger charge is -2.37. The first-order valence-electron chi connectivity index (χ1n) is 9.57. The fraction of sp³-hybridized carbons (Fsp3) is 0.474. The third-order valence-corrected chi connectivity index (χ3v) is 5.98. The van der Waals surface area contributed by atoms with Gasteiger partial charge in [0.2, 0.25) is 17.6 Å². The third kappa shape index (κ3) is 2.97. The van der Waals surface area contributed by atoms with Crippen LogP contribution in [-0.2, 0) is 17.8 Å². The molecule has 2 fully saturated rings. The first-order chi connectivity index (χ1) is 13.7. The van der Waals surface area contributed by atoms with Gasteiger partial charge in [0.25, 0.3) is 0 Å². The van der Waals surface area contributed by atoms with E-state index in [4.69, 9.17) is 16.3 Å². The highest BCUT2D eigenvalue weighted by Crippen LogP contribution is 2.39. The molecule has 8 nitrogen and oxygen atoms in total. The maximum atomic E-state index is 6.26. The van der Waals surface area contributed by atoms with Crippen LogP contribution in [0.15, 0.2) is 30.6 Å². The number of hydrogen-bond donors (Lipinski definition) is 0. The predicted molar refractivity (Wildman–Crippen MR) is 105 cm³/mol. The first kappa shape index (κ1) is 17.6. The Kier molecular flexibility index (Phi) is 4.32. The number of ether oxygens (including phenoxy) is 1. The molecule has 0 radical (unpaired) electrons. The van der Waals surface area contributed by atoms with Gasteiger partial charge in [-0.25, -0.2) is 9.67 Å². The van der Waals surface area contributed by atoms with Crippen LogP contribution in [0.1, 0.15) is 18.9 Å². The van der Waals surface area contributed by atoms with Crippen molar-refractivity contribution in [3.63, 3.8) is 0 Å². The second kappa shape index (κ2) is 6.86. The van der Waals surface area contributed by atoms with Crippen molar-refractivity contribution in [3.8, 4) is 11.6 Å². The molecule has 2 aliphatic rings. The second-order valence-corrected chi connectivity index (χ2v) is 8.00. The molecule has 0 saturated carbocycles. The van der Waals surface area contributed by atoms with E-state index in [2.05, 4.69) is 36.7 Å². The van der Waals surface area contributed by atoms with Crippen LogP contribution < -0.4 is 4.90 Å². The Labute approximate surface area is 168 Å². The highest BCUT2D eigenvalue weighted by molar-refractivity contribution is 6.31. The molecule has 2 aliphatic heterocycles. The van der Waals surface area contributed by atoms with Crippen LogP contribution in [0.25, 0.3) is 11.6 Å². The Morgan fingerprint density at radius 2 is 2.07 bits per heavy atom. The van der Waals surface area contributed by atoms with Gasteiger partial charge in [0, 0.05) is 30.1 Å². The summed E-state index contributed by atoms with van der Waals surface area (Å²) in [5.74, 6) is 2.17. The average molecular weight is 400 g/mol. The Balaban J connectivity index is 1.39. The van der Waals surface area contributed by atoms with Crippen LogP contribution in [0.2, 0.25) is 5.02 Å². The van der Waals surface area contributed by atoms with Gasteiger partial charge in [-0.05, 0) is 25.0 Å². The van der Waals surface area contributed by atoms with E-state index < -0.39 is 0 Å². The topological polar surface area (TPSA) is 73.9 Å². The van der Waals surface area contributed by atoms with Crippen LogP contribution in [0.5, 0.6) is 0 Å². The average Bonchev–Trinajstić information content (AvgIpc) is 3.40.